The molecule has 2 rings (SSSR count). The van der Waals surface area contributed by atoms with Crippen molar-refractivity contribution in [2.24, 2.45) is 5.92 Å². The number of carbonyl (C=O) groups is 2. The second-order valence-electron chi connectivity index (χ2n) is 6.25. The van der Waals surface area contributed by atoms with Crippen LogP contribution in [0.25, 0.3) is 0 Å². The van der Waals surface area contributed by atoms with Crippen LogP contribution in [-0.2, 0) is 26.0 Å². The Hall–Kier alpha value is -1.93. The molecule has 0 saturated heterocycles. The predicted molar refractivity (Wildman–Crippen MR) is 89.4 cm³/mol. The zero-order valence-electron chi connectivity index (χ0n) is 13.9. The number of fused-ring (bicyclic) bond motifs is 1. The van der Waals surface area contributed by atoms with Crippen LogP contribution in [0.4, 0.5) is 5.69 Å². The molecule has 7 nitrogen and oxygen atoms in total. The number of nitrogens with one attached hydrogen (secondary N) is 1. The molecule has 24 heavy (non-hydrogen) atoms. The number of aryl methyl sites for hydroxylation is 1. The monoisotopic (exact) mass is 354 g/mol. The number of carboxylic acid groups (broad SMARTS) is 1. The maximum Gasteiger partial charge on any atom is 0.322 e. The lowest BCUT2D eigenvalue weighted by Crippen LogP contribution is -2.44. The SMILES string of the molecule is CC(=O)N1CCCc2ccc(S(=O)(=O)N[C@@H](C(=O)O)C(C)C)cc21. The molecule has 1 aliphatic rings. The van der Waals surface area contributed by atoms with Crippen LogP contribution in [0.2, 0.25) is 0 Å². The molecule has 1 heterocycles. The minimum atomic E-state index is -4.00. The first-order chi connectivity index (χ1) is 11.1. The molecule has 0 bridgehead atoms. The van der Waals surface area contributed by atoms with Gasteiger partial charge in [-0.3, -0.25) is 9.59 Å². The van der Waals surface area contributed by atoms with Crippen molar-refractivity contribution in [3.05, 3.63) is 23.8 Å². The zero-order valence-corrected chi connectivity index (χ0v) is 14.8. The van der Waals surface area contributed by atoms with Crippen LogP contribution in [0, 0.1) is 5.92 Å². The summed E-state index contributed by atoms with van der Waals surface area (Å²) in [6.45, 7) is 5.24. The number of amides is 1. The molecule has 2 N–H and O–H groups in total. The molecule has 0 fully saturated rings. The van der Waals surface area contributed by atoms with Gasteiger partial charge in [0.05, 0.1) is 4.90 Å². The highest BCUT2D eigenvalue weighted by Crippen LogP contribution is 2.30. The summed E-state index contributed by atoms with van der Waals surface area (Å²) in [5.41, 5.74) is 1.49. The van der Waals surface area contributed by atoms with Crippen LogP contribution >= 0.6 is 0 Å². The quantitative estimate of drug-likeness (QED) is 0.831. The number of rotatable bonds is 5. The molecule has 1 amide bonds. The molecule has 1 atom stereocenters. The summed E-state index contributed by atoms with van der Waals surface area (Å²) >= 11 is 0. The highest BCUT2D eigenvalue weighted by atomic mass is 32.2. The molecular weight excluding hydrogens is 332 g/mol. The third-order valence-electron chi connectivity index (χ3n) is 4.08. The van der Waals surface area contributed by atoms with Gasteiger partial charge in [0, 0.05) is 19.2 Å². The largest absolute Gasteiger partial charge is 0.480 e. The first-order valence-corrected chi connectivity index (χ1v) is 9.28. The van der Waals surface area contributed by atoms with Crippen LogP contribution in [0.3, 0.4) is 0 Å². The average molecular weight is 354 g/mol. The van der Waals surface area contributed by atoms with E-state index in [9.17, 15) is 23.1 Å². The molecule has 0 aromatic heterocycles. The molecule has 1 aliphatic heterocycles. The number of nitrogens with zero attached hydrogens (tertiary/aromatic N) is 1. The fourth-order valence-corrected chi connectivity index (χ4v) is 4.11. The Morgan fingerprint density at radius 3 is 2.50 bits per heavy atom. The second kappa shape index (κ2) is 6.90. The van der Waals surface area contributed by atoms with Gasteiger partial charge in [0.25, 0.3) is 0 Å². The Morgan fingerprint density at radius 2 is 1.96 bits per heavy atom. The summed E-state index contributed by atoms with van der Waals surface area (Å²) in [6.07, 6.45) is 1.60. The minimum Gasteiger partial charge on any atom is -0.480 e. The van der Waals surface area contributed by atoms with E-state index in [1.807, 2.05) is 0 Å². The molecule has 1 aromatic rings. The van der Waals surface area contributed by atoms with Crippen molar-refractivity contribution in [3.8, 4) is 0 Å². The Labute approximate surface area is 141 Å². The molecule has 0 aliphatic carbocycles. The van der Waals surface area contributed by atoms with Gasteiger partial charge in [0.2, 0.25) is 15.9 Å². The number of hydrogen-bond donors (Lipinski definition) is 2. The van der Waals surface area contributed by atoms with E-state index < -0.39 is 28.0 Å². The van der Waals surface area contributed by atoms with Gasteiger partial charge in [-0.05, 0) is 36.5 Å². The van der Waals surface area contributed by atoms with Gasteiger partial charge in [-0.15, -0.1) is 0 Å². The number of benzene rings is 1. The van der Waals surface area contributed by atoms with Crippen molar-refractivity contribution >= 4 is 27.6 Å². The van der Waals surface area contributed by atoms with Crippen LogP contribution in [0.15, 0.2) is 23.1 Å². The van der Waals surface area contributed by atoms with E-state index >= 15 is 0 Å². The molecule has 132 valence electrons. The lowest BCUT2D eigenvalue weighted by atomic mass is 10.0. The highest BCUT2D eigenvalue weighted by molar-refractivity contribution is 7.89. The van der Waals surface area contributed by atoms with Crippen molar-refractivity contribution < 1.29 is 23.1 Å². The number of aliphatic carboxylic acids is 1. The smallest absolute Gasteiger partial charge is 0.322 e. The van der Waals surface area contributed by atoms with Gasteiger partial charge in [-0.2, -0.15) is 4.72 Å². The predicted octanol–water partition coefficient (Wildman–Crippen LogP) is 1.37. The van der Waals surface area contributed by atoms with E-state index in [1.165, 1.54) is 19.1 Å². The van der Waals surface area contributed by atoms with Crippen molar-refractivity contribution in [2.75, 3.05) is 11.4 Å². The molecular formula is C16H22N2O5S. The maximum absolute atomic E-state index is 12.5. The van der Waals surface area contributed by atoms with E-state index in [0.29, 0.717) is 12.2 Å². The first kappa shape index (κ1) is 18.4. The summed E-state index contributed by atoms with van der Waals surface area (Å²) in [5, 5.41) is 9.18. The fraction of sp³-hybridized carbons (Fsp3) is 0.500. The van der Waals surface area contributed by atoms with Gasteiger partial charge in [0.1, 0.15) is 6.04 Å². The van der Waals surface area contributed by atoms with Crippen molar-refractivity contribution in [1.82, 2.24) is 4.72 Å². The average Bonchev–Trinajstić information content (AvgIpc) is 2.50. The van der Waals surface area contributed by atoms with Crippen LogP contribution in [0.5, 0.6) is 0 Å². The van der Waals surface area contributed by atoms with E-state index in [0.717, 1.165) is 18.4 Å². The van der Waals surface area contributed by atoms with E-state index in [1.54, 1.807) is 24.8 Å². The Kier molecular flexibility index (Phi) is 5.29. The number of carboxylic acids is 1. The number of carbonyl (C=O) groups excluding carboxylic acids is 1. The van der Waals surface area contributed by atoms with E-state index in [4.69, 9.17) is 0 Å². The third-order valence-corrected chi connectivity index (χ3v) is 5.52. The molecule has 0 saturated carbocycles. The van der Waals surface area contributed by atoms with E-state index in [-0.39, 0.29) is 10.8 Å². The van der Waals surface area contributed by atoms with Crippen LogP contribution in [-0.4, -0.2) is 38.0 Å². The minimum absolute atomic E-state index is 0.0405. The summed E-state index contributed by atoms with van der Waals surface area (Å²) in [6, 6.07) is 3.36. The highest BCUT2D eigenvalue weighted by Gasteiger charge is 2.29. The van der Waals surface area contributed by atoms with E-state index in [2.05, 4.69) is 4.72 Å². The summed E-state index contributed by atoms with van der Waals surface area (Å²) in [4.78, 5) is 24.5. The molecule has 0 spiro atoms. The number of hydrogen-bond acceptors (Lipinski definition) is 4. The van der Waals surface area contributed by atoms with Crippen LogP contribution in [0.1, 0.15) is 32.8 Å². The molecule has 8 heteroatoms. The van der Waals surface area contributed by atoms with Gasteiger partial charge in [-0.25, -0.2) is 8.42 Å². The summed E-state index contributed by atoms with van der Waals surface area (Å²) < 4.78 is 27.3. The van der Waals surface area contributed by atoms with Crippen molar-refractivity contribution in [3.63, 3.8) is 0 Å². The normalized spacial score (nSPS) is 15.9. The lowest BCUT2D eigenvalue weighted by Gasteiger charge is -2.29. The molecule has 1 aromatic carbocycles. The Bertz CT molecular complexity index is 758. The third kappa shape index (κ3) is 3.76. The van der Waals surface area contributed by atoms with Crippen molar-refractivity contribution in [2.45, 2.75) is 44.6 Å². The number of anilines is 1. The number of sulfonamides is 1. The summed E-state index contributed by atoms with van der Waals surface area (Å²) in [7, 11) is -4.00. The Balaban J connectivity index is 2.40. The topological polar surface area (TPSA) is 104 Å². The summed E-state index contributed by atoms with van der Waals surface area (Å²) in [5.74, 6) is -1.77. The van der Waals surface area contributed by atoms with Gasteiger partial charge < -0.3 is 10.0 Å². The molecule has 0 unspecified atom stereocenters. The standard InChI is InChI=1S/C16H22N2O5S/c1-10(2)15(16(20)21)17-24(22,23)13-7-6-12-5-4-8-18(11(3)19)14(12)9-13/h6-7,9-10,15,17H,4-5,8H2,1-3H3,(H,20,21)/t15-/m1/s1. The zero-order chi connectivity index (χ0) is 18.1. The van der Waals surface area contributed by atoms with Gasteiger partial charge in [0.15, 0.2) is 0 Å². The maximum atomic E-state index is 12.5. The van der Waals surface area contributed by atoms with Gasteiger partial charge in [-0.1, -0.05) is 19.9 Å². The second-order valence-corrected chi connectivity index (χ2v) is 7.96. The van der Waals surface area contributed by atoms with Crippen LogP contribution < -0.4 is 9.62 Å². The lowest BCUT2D eigenvalue weighted by molar-refractivity contribution is -0.140. The fourth-order valence-electron chi connectivity index (χ4n) is 2.76. The van der Waals surface area contributed by atoms with Crippen molar-refractivity contribution in [1.29, 1.82) is 0 Å². The van der Waals surface area contributed by atoms with Gasteiger partial charge >= 0.3 is 5.97 Å². The molecule has 0 radical (unpaired) electrons. The Morgan fingerprint density at radius 1 is 1.29 bits per heavy atom. The first-order valence-electron chi connectivity index (χ1n) is 7.79.